The number of ether oxygens (including phenoxy) is 1. The van der Waals surface area contributed by atoms with Crippen molar-refractivity contribution >= 4 is 21.4 Å². The van der Waals surface area contributed by atoms with Gasteiger partial charge in [-0.25, -0.2) is 4.98 Å². The highest BCUT2D eigenvalue weighted by atomic mass is 32.1. The maximum atomic E-state index is 6.08. The van der Waals surface area contributed by atoms with Crippen LogP contribution in [0.25, 0.3) is 20.7 Å². The molecule has 1 aromatic carbocycles. The number of methoxy groups -OCH3 is 1. The number of hydrogen-bond acceptors (Lipinski definition) is 4. The number of benzene rings is 1. The van der Waals surface area contributed by atoms with Gasteiger partial charge in [-0.05, 0) is 23.9 Å². The first-order valence-corrected chi connectivity index (χ1v) is 7.38. The van der Waals surface area contributed by atoms with Gasteiger partial charge in [0.15, 0.2) is 0 Å². The molecule has 2 aromatic heterocycles. The van der Waals surface area contributed by atoms with E-state index in [1.807, 2.05) is 6.20 Å². The molecule has 3 N–H and O–H groups in total. The molecule has 0 bridgehead atoms. The van der Waals surface area contributed by atoms with Gasteiger partial charge < -0.3 is 15.5 Å². The average molecular weight is 287 g/mol. The van der Waals surface area contributed by atoms with E-state index in [2.05, 4.69) is 40.3 Å². The first-order chi connectivity index (χ1) is 9.78. The van der Waals surface area contributed by atoms with Gasteiger partial charge in [0.1, 0.15) is 5.82 Å². The minimum Gasteiger partial charge on any atom is -0.385 e. The number of nitrogens with one attached hydrogen (secondary N) is 1. The molecule has 104 valence electrons. The Kier molecular flexibility index (Phi) is 3.82. The number of rotatable bonds is 5. The van der Waals surface area contributed by atoms with Crippen LogP contribution in [-0.2, 0) is 4.74 Å². The third kappa shape index (κ3) is 2.60. The molecule has 0 aliphatic carbocycles. The number of hydrogen-bond donors (Lipinski definition) is 2. The van der Waals surface area contributed by atoms with E-state index >= 15 is 0 Å². The fourth-order valence-corrected chi connectivity index (χ4v) is 3.17. The summed E-state index contributed by atoms with van der Waals surface area (Å²) in [7, 11) is 1.68. The van der Waals surface area contributed by atoms with E-state index in [1.165, 1.54) is 15.0 Å². The Hall–Kier alpha value is -1.69. The van der Waals surface area contributed by atoms with E-state index in [9.17, 15) is 0 Å². The number of aromatic nitrogens is 2. The Morgan fingerprint density at radius 1 is 1.40 bits per heavy atom. The van der Waals surface area contributed by atoms with Crippen LogP contribution in [0.4, 0.5) is 0 Å². The Morgan fingerprint density at radius 3 is 3.05 bits per heavy atom. The molecule has 1 atom stereocenters. The molecule has 0 aliphatic rings. The second-order valence-corrected chi connectivity index (χ2v) is 5.80. The zero-order valence-corrected chi connectivity index (χ0v) is 12.1. The summed E-state index contributed by atoms with van der Waals surface area (Å²) >= 11 is 1.76. The Labute approximate surface area is 121 Å². The fraction of sp³-hybridized carbons (Fsp3) is 0.267. The van der Waals surface area contributed by atoms with Gasteiger partial charge in [0, 0.05) is 18.4 Å². The van der Waals surface area contributed by atoms with Crippen LogP contribution < -0.4 is 5.73 Å². The third-order valence-electron chi connectivity index (χ3n) is 3.27. The van der Waals surface area contributed by atoms with Crippen molar-refractivity contribution < 1.29 is 4.74 Å². The Morgan fingerprint density at radius 2 is 2.25 bits per heavy atom. The predicted molar refractivity (Wildman–Crippen MR) is 82.8 cm³/mol. The van der Waals surface area contributed by atoms with E-state index in [0.717, 1.165) is 17.9 Å². The van der Waals surface area contributed by atoms with E-state index in [1.54, 1.807) is 18.4 Å². The standard InChI is InChI=1S/C15H17N3OS/c1-19-7-6-11(16)15-17-9-12(18-15)14-8-10-4-2-3-5-13(10)20-14/h2-5,8-9,11H,6-7,16H2,1H3,(H,17,18). The third-order valence-corrected chi connectivity index (χ3v) is 4.42. The topological polar surface area (TPSA) is 63.9 Å². The van der Waals surface area contributed by atoms with Crippen LogP contribution >= 0.6 is 11.3 Å². The zero-order chi connectivity index (χ0) is 13.9. The molecule has 3 rings (SSSR count). The molecule has 3 aromatic rings. The largest absolute Gasteiger partial charge is 0.385 e. The van der Waals surface area contributed by atoms with Crippen molar-refractivity contribution in [1.82, 2.24) is 9.97 Å². The SMILES string of the molecule is COCCC(N)c1ncc(-c2cc3ccccc3s2)[nH]1. The molecule has 0 fully saturated rings. The minimum atomic E-state index is -0.113. The van der Waals surface area contributed by atoms with Gasteiger partial charge in [-0.1, -0.05) is 18.2 Å². The first kappa shape index (κ1) is 13.3. The van der Waals surface area contributed by atoms with E-state index in [-0.39, 0.29) is 6.04 Å². The summed E-state index contributed by atoms with van der Waals surface area (Å²) in [6.07, 6.45) is 2.61. The second kappa shape index (κ2) is 5.75. The van der Waals surface area contributed by atoms with E-state index < -0.39 is 0 Å². The molecule has 0 radical (unpaired) electrons. The van der Waals surface area contributed by atoms with Gasteiger partial charge in [0.05, 0.1) is 22.8 Å². The lowest BCUT2D eigenvalue weighted by Crippen LogP contribution is -2.14. The van der Waals surface area contributed by atoms with Crippen molar-refractivity contribution in [3.05, 3.63) is 42.4 Å². The number of thiophene rings is 1. The van der Waals surface area contributed by atoms with Gasteiger partial charge >= 0.3 is 0 Å². The van der Waals surface area contributed by atoms with Gasteiger partial charge in [-0.15, -0.1) is 11.3 Å². The van der Waals surface area contributed by atoms with E-state index in [4.69, 9.17) is 10.5 Å². The minimum absolute atomic E-state index is 0.113. The molecule has 2 heterocycles. The van der Waals surface area contributed by atoms with Crippen molar-refractivity contribution in [2.24, 2.45) is 5.73 Å². The normalized spacial score (nSPS) is 12.9. The molecule has 0 aliphatic heterocycles. The molecule has 0 spiro atoms. The Bertz CT molecular complexity index is 671. The highest BCUT2D eigenvalue weighted by Gasteiger charge is 2.12. The summed E-state index contributed by atoms with van der Waals surface area (Å²) in [6, 6.07) is 10.4. The monoisotopic (exact) mass is 287 g/mol. The maximum absolute atomic E-state index is 6.08. The van der Waals surface area contributed by atoms with Gasteiger partial charge in [0.2, 0.25) is 0 Å². The molecular weight excluding hydrogens is 270 g/mol. The van der Waals surface area contributed by atoms with E-state index in [0.29, 0.717) is 6.61 Å². The number of nitrogens with zero attached hydrogens (tertiary/aromatic N) is 1. The zero-order valence-electron chi connectivity index (χ0n) is 11.3. The molecule has 1 unspecified atom stereocenters. The van der Waals surface area contributed by atoms with Crippen LogP contribution in [0.2, 0.25) is 0 Å². The molecule has 20 heavy (non-hydrogen) atoms. The van der Waals surface area contributed by atoms with Crippen molar-refractivity contribution in [2.45, 2.75) is 12.5 Å². The average Bonchev–Trinajstić information content (AvgIpc) is 3.10. The van der Waals surface area contributed by atoms with Gasteiger partial charge in [-0.3, -0.25) is 0 Å². The quantitative estimate of drug-likeness (QED) is 0.756. The van der Waals surface area contributed by atoms with Crippen LogP contribution in [0.5, 0.6) is 0 Å². The molecule has 0 saturated heterocycles. The molecule has 4 nitrogen and oxygen atoms in total. The lowest BCUT2D eigenvalue weighted by atomic mass is 10.2. The van der Waals surface area contributed by atoms with Crippen molar-refractivity contribution in [3.8, 4) is 10.6 Å². The molecular formula is C15H17N3OS. The number of nitrogens with two attached hydrogens (primary N) is 1. The second-order valence-electron chi connectivity index (χ2n) is 4.72. The first-order valence-electron chi connectivity index (χ1n) is 6.56. The number of H-pyrrole nitrogens is 1. The van der Waals surface area contributed by atoms with Gasteiger partial charge in [-0.2, -0.15) is 0 Å². The van der Waals surface area contributed by atoms with Crippen molar-refractivity contribution in [3.63, 3.8) is 0 Å². The predicted octanol–water partition coefficient (Wildman–Crippen LogP) is 3.33. The number of imidazole rings is 1. The molecule has 5 heteroatoms. The summed E-state index contributed by atoms with van der Waals surface area (Å²) in [5.41, 5.74) is 7.10. The lowest BCUT2D eigenvalue weighted by Gasteiger charge is -2.06. The Balaban J connectivity index is 1.85. The summed E-state index contributed by atoms with van der Waals surface area (Å²) < 4.78 is 6.33. The summed E-state index contributed by atoms with van der Waals surface area (Å²) in [4.78, 5) is 8.89. The summed E-state index contributed by atoms with van der Waals surface area (Å²) in [5.74, 6) is 0.814. The summed E-state index contributed by atoms with van der Waals surface area (Å²) in [5, 5.41) is 1.26. The highest BCUT2D eigenvalue weighted by Crippen LogP contribution is 2.32. The van der Waals surface area contributed by atoms with Crippen LogP contribution in [0.1, 0.15) is 18.3 Å². The highest BCUT2D eigenvalue weighted by molar-refractivity contribution is 7.22. The lowest BCUT2D eigenvalue weighted by molar-refractivity contribution is 0.187. The van der Waals surface area contributed by atoms with Gasteiger partial charge in [0.25, 0.3) is 0 Å². The van der Waals surface area contributed by atoms with Crippen LogP contribution in [0, 0.1) is 0 Å². The van der Waals surface area contributed by atoms with Crippen molar-refractivity contribution in [1.29, 1.82) is 0 Å². The smallest absolute Gasteiger partial charge is 0.123 e. The number of fused-ring (bicyclic) bond motifs is 1. The molecule has 0 amide bonds. The van der Waals surface area contributed by atoms with Crippen LogP contribution in [-0.4, -0.2) is 23.7 Å². The maximum Gasteiger partial charge on any atom is 0.123 e. The van der Waals surface area contributed by atoms with Crippen LogP contribution in [0.15, 0.2) is 36.5 Å². The summed E-state index contributed by atoms with van der Waals surface area (Å²) in [6.45, 7) is 0.639. The van der Waals surface area contributed by atoms with Crippen molar-refractivity contribution in [2.75, 3.05) is 13.7 Å². The van der Waals surface area contributed by atoms with Crippen LogP contribution in [0.3, 0.4) is 0 Å². The number of aromatic amines is 1. The molecule has 0 saturated carbocycles. The fourth-order valence-electron chi connectivity index (χ4n) is 2.15.